The van der Waals surface area contributed by atoms with Crippen LogP contribution in [0.25, 0.3) is 0 Å². The van der Waals surface area contributed by atoms with E-state index in [1.165, 1.54) is 0 Å². The number of methoxy groups -OCH3 is 1. The van der Waals surface area contributed by atoms with E-state index in [0.717, 1.165) is 44.0 Å². The van der Waals surface area contributed by atoms with Gasteiger partial charge in [-0.2, -0.15) is 0 Å². The smallest absolute Gasteiger partial charge is 0.227 e. The molecular weight excluding hydrogens is 254 g/mol. The average molecular weight is 277 g/mol. The Morgan fingerprint density at radius 1 is 1.30 bits per heavy atom. The molecule has 0 bridgehead atoms. The average Bonchev–Trinajstić information content (AvgIpc) is 2.48. The molecule has 2 N–H and O–H groups in total. The molecule has 0 aliphatic carbocycles. The van der Waals surface area contributed by atoms with Crippen LogP contribution in [0.2, 0.25) is 0 Å². The lowest BCUT2D eigenvalue weighted by Gasteiger charge is -2.34. The Balaban J connectivity index is 1.86. The summed E-state index contributed by atoms with van der Waals surface area (Å²) in [7, 11) is 1.64. The normalized spacial score (nSPS) is 16.2. The zero-order chi connectivity index (χ0) is 14.4. The predicted octanol–water partition coefficient (Wildman–Crippen LogP) is 0.341. The van der Waals surface area contributed by atoms with Gasteiger partial charge in [-0.05, 0) is 17.7 Å². The summed E-state index contributed by atoms with van der Waals surface area (Å²) in [6.07, 6.45) is 0.439. The van der Waals surface area contributed by atoms with Crippen LogP contribution in [-0.4, -0.2) is 62.1 Å². The first-order valence-electron chi connectivity index (χ1n) is 7.06. The van der Waals surface area contributed by atoms with Crippen molar-refractivity contribution in [2.24, 2.45) is 5.73 Å². The molecule has 0 unspecified atom stereocenters. The van der Waals surface area contributed by atoms with Crippen molar-refractivity contribution in [3.63, 3.8) is 0 Å². The maximum Gasteiger partial charge on any atom is 0.227 e. The van der Waals surface area contributed by atoms with E-state index in [9.17, 15) is 4.79 Å². The third-order valence-electron chi connectivity index (χ3n) is 3.66. The van der Waals surface area contributed by atoms with Gasteiger partial charge >= 0.3 is 0 Å². The van der Waals surface area contributed by atoms with E-state index in [4.69, 9.17) is 10.5 Å². The molecule has 1 fully saturated rings. The van der Waals surface area contributed by atoms with Crippen molar-refractivity contribution in [2.75, 3.05) is 46.4 Å². The van der Waals surface area contributed by atoms with Gasteiger partial charge < -0.3 is 15.4 Å². The van der Waals surface area contributed by atoms with Gasteiger partial charge in [-0.1, -0.05) is 12.1 Å². The van der Waals surface area contributed by atoms with Gasteiger partial charge in [-0.25, -0.2) is 0 Å². The highest BCUT2D eigenvalue weighted by Gasteiger charge is 2.20. The quantitative estimate of drug-likeness (QED) is 0.843. The number of hydrogen-bond donors (Lipinski definition) is 1. The SMILES string of the molecule is COc1cccc(CC(=O)N2CCN(CCN)CC2)c1. The van der Waals surface area contributed by atoms with Gasteiger partial charge in [-0.3, -0.25) is 9.69 Å². The predicted molar refractivity (Wildman–Crippen MR) is 78.8 cm³/mol. The molecule has 1 heterocycles. The number of rotatable bonds is 5. The largest absolute Gasteiger partial charge is 0.497 e. The van der Waals surface area contributed by atoms with Crippen molar-refractivity contribution < 1.29 is 9.53 Å². The highest BCUT2D eigenvalue weighted by Crippen LogP contribution is 2.14. The van der Waals surface area contributed by atoms with E-state index in [-0.39, 0.29) is 5.91 Å². The van der Waals surface area contributed by atoms with E-state index >= 15 is 0 Å². The Hall–Kier alpha value is -1.59. The first kappa shape index (κ1) is 14.8. The van der Waals surface area contributed by atoms with Crippen molar-refractivity contribution >= 4 is 5.91 Å². The van der Waals surface area contributed by atoms with E-state index in [1.54, 1.807) is 7.11 Å². The zero-order valence-corrected chi connectivity index (χ0v) is 12.0. The first-order chi connectivity index (χ1) is 9.72. The Kier molecular flexibility index (Phi) is 5.38. The maximum atomic E-state index is 12.3. The second-order valence-electron chi connectivity index (χ2n) is 5.04. The molecule has 1 aliphatic rings. The monoisotopic (exact) mass is 277 g/mol. The number of benzene rings is 1. The molecule has 0 aromatic heterocycles. The number of amides is 1. The van der Waals surface area contributed by atoms with Crippen molar-refractivity contribution in [3.8, 4) is 5.75 Å². The molecule has 110 valence electrons. The molecule has 20 heavy (non-hydrogen) atoms. The molecule has 2 rings (SSSR count). The van der Waals surface area contributed by atoms with Crippen molar-refractivity contribution in [3.05, 3.63) is 29.8 Å². The lowest BCUT2D eigenvalue weighted by atomic mass is 10.1. The molecule has 0 saturated carbocycles. The molecule has 0 spiro atoms. The van der Waals surface area contributed by atoms with Gasteiger partial charge in [-0.15, -0.1) is 0 Å². The Bertz CT molecular complexity index is 442. The highest BCUT2D eigenvalue weighted by molar-refractivity contribution is 5.79. The van der Waals surface area contributed by atoms with Gasteiger partial charge in [0, 0.05) is 39.3 Å². The molecule has 0 radical (unpaired) electrons. The second-order valence-corrected chi connectivity index (χ2v) is 5.04. The summed E-state index contributed by atoms with van der Waals surface area (Å²) < 4.78 is 5.18. The van der Waals surface area contributed by atoms with E-state index < -0.39 is 0 Å². The third-order valence-corrected chi connectivity index (χ3v) is 3.66. The minimum Gasteiger partial charge on any atom is -0.497 e. The summed E-state index contributed by atoms with van der Waals surface area (Å²) in [5.41, 5.74) is 6.55. The lowest BCUT2D eigenvalue weighted by Crippen LogP contribution is -2.50. The molecule has 5 nitrogen and oxygen atoms in total. The molecule has 5 heteroatoms. The van der Waals surface area contributed by atoms with Gasteiger partial charge in [0.1, 0.15) is 5.75 Å². The standard InChI is InChI=1S/C15H23N3O2/c1-20-14-4-2-3-13(11-14)12-15(19)18-9-7-17(6-5-16)8-10-18/h2-4,11H,5-10,12,16H2,1H3. The van der Waals surface area contributed by atoms with Gasteiger partial charge in [0.05, 0.1) is 13.5 Å². The summed E-state index contributed by atoms with van der Waals surface area (Å²) >= 11 is 0. The van der Waals surface area contributed by atoms with Crippen molar-refractivity contribution in [2.45, 2.75) is 6.42 Å². The molecule has 1 aromatic carbocycles. The Labute approximate surface area is 120 Å². The van der Waals surface area contributed by atoms with Crippen molar-refractivity contribution in [1.82, 2.24) is 9.80 Å². The second kappa shape index (κ2) is 7.26. The van der Waals surface area contributed by atoms with E-state index in [0.29, 0.717) is 13.0 Å². The first-order valence-corrected chi connectivity index (χ1v) is 7.06. The van der Waals surface area contributed by atoms with E-state index in [2.05, 4.69) is 4.90 Å². The van der Waals surface area contributed by atoms with Crippen molar-refractivity contribution in [1.29, 1.82) is 0 Å². The van der Waals surface area contributed by atoms with Crippen LogP contribution in [0.1, 0.15) is 5.56 Å². The third kappa shape index (κ3) is 3.95. The maximum absolute atomic E-state index is 12.3. The number of carbonyl (C=O) groups is 1. The Morgan fingerprint density at radius 3 is 2.70 bits per heavy atom. The lowest BCUT2D eigenvalue weighted by molar-refractivity contribution is -0.132. The number of nitrogens with two attached hydrogens (primary N) is 1. The molecule has 1 aliphatic heterocycles. The van der Waals surface area contributed by atoms with Gasteiger partial charge in [0.25, 0.3) is 0 Å². The van der Waals surface area contributed by atoms with Crippen LogP contribution in [0.4, 0.5) is 0 Å². The highest BCUT2D eigenvalue weighted by atomic mass is 16.5. The van der Waals surface area contributed by atoms with Crippen LogP contribution < -0.4 is 10.5 Å². The number of nitrogens with zero attached hydrogens (tertiary/aromatic N) is 2. The van der Waals surface area contributed by atoms with Crippen LogP contribution in [0.3, 0.4) is 0 Å². The number of piperazine rings is 1. The molecular formula is C15H23N3O2. The van der Waals surface area contributed by atoms with Crippen LogP contribution in [0.5, 0.6) is 5.75 Å². The minimum absolute atomic E-state index is 0.186. The topological polar surface area (TPSA) is 58.8 Å². The number of hydrogen-bond acceptors (Lipinski definition) is 4. The summed E-state index contributed by atoms with van der Waals surface area (Å²) in [6, 6.07) is 7.69. The minimum atomic E-state index is 0.186. The van der Waals surface area contributed by atoms with Crippen LogP contribution in [-0.2, 0) is 11.2 Å². The summed E-state index contributed by atoms with van der Waals surface area (Å²) in [4.78, 5) is 16.5. The van der Waals surface area contributed by atoms with E-state index in [1.807, 2.05) is 29.2 Å². The summed E-state index contributed by atoms with van der Waals surface area (Å²) in [5, 5.41) is 0. The van der Waals surface area contributed by atoms with Gasteiger partial charge in [0.2, 0.25) is 5.91 Å². The van der Waals surface area contributed by atoms with Crippen LogP contribution in [0.15, 0.2) is 24.3 Å². The Morgan fingerprint density at radius 2 is 2.05 bits per heavy atom. The molecule has 1 aromatic rings. The number of carbonyl (C=O) groups excluding carboxylic acids is 1. The molecule has 1 amide bonds. The molecule has 1 saturated heterocycles. The fourth-order valence-corrected chi connectivity index (χ4v) is 2.47. The number of ether oxygens (including phenoxy) is 1. The summed E-state index contributed by atoms with van der Waals surface area (Å²) in [5.74, 6) is 0.980. The fourth-order valence-electron chi connectivity index (χ4n) is 2.47. The fraction of sp³-hybridized carbons (Fsp3) is 0.533. The molecule has 0 atom stereocenters. The summed E-state index contributed by atoms with van der Waals surface area (Å²) in [6.45, 7) is 5.02. The van der Waals surface area contributed by atoms with Crippen LogP contribution >= 0.6 is 0 Å². The zero-order valence-electron chi connectivity index (χ0n) is 12.0. The van der Waals surface area contributed by atoms with Gasteiger partial charge in [0.15, 0.2) is 0 Å². The van der Waals surface area contributed by atoms with Crippen LogP contribution in [0, 0.1) is 0 Å².